The number of aryl methyl sites for hydroxylation is 1. The van der Waals surface area contributed by atoms with E-state index in [0.717, 1.165) is 18.4 Å². The Kier molecular flexibility index (Phi) is 5.81. The molecule has 1 N–H and O–H groups in total. The minimum absolute atomic E-state index is 0.0473. The molecule has 5 heteroatoms. The lowest BCUT2D eigenvalue weighted by molar-refractivity contribution is -0.121. The molecule has 1 aliphatic heterocycles. The van der Waals surface area contributed by atoms with Crippen LogP contribution < -0.4 is 5.32 Å². The largest absolute Gasteiger partial charge is 0.355 e. The van der Waals surface area contributed by atoms with Crippen molar-refractivity contribution in [3.8, 4) is 0 Å². The SMILES string of the molecule is CCCCNC(=O)CN1CCN(Cc2ccccc2C)C1=O. The van der Waals surface area contributed by atoms with E-state index in [0.29, 0.717) is 26.2 Å². The van der Waals surface area contributed by atoms with Gasteiger partial charge in [0, 0.05) is 26.2 Å². The molecule has 22 heavy (non-hydrogen) atoms. The Morgan fingerprint density at radius 3 is 2.68 bits per heavy atom. The molecule has 1 heterocycles. The molecule has 1 fully saturated rings. The first-order valence-corrected chi connectivity index (χ1v) is 7.97. The van der Waals surface area contributed by atoms with Crippen LogP contribution >= 0.6 is 0 Å². The number of unbranched alkanes of at least 4 members (excludes halogenated alkanes) is 1. The van der Waals surface area contributed by atoms with Gasteiger partial charge in [-0.1, -0.05) is 37.6 Å². The molecule has 2 rings (SSSR count). The van der Waals surface area contributed by atoms with E-state index in [4.69, 9.17) is 0 Å². The Balaban J connectivity index is 1.85. The predicted octanol–water partition coefficient (Wildman–Crippen LogP) is 2.15. The van der Waals surface area contributed by atoms with Crippen molar-refractivity contribution in [2.24, 2.45) is 0 Å². The maximum atomic E-state index is 12.4. The molecule has 0 spiro atoms. The molecule has 0 saturated carbocycles. The predicted molar refractivity (Wildman–Crippen MR) is 86.5 cm³/mol. The van der Waals surface area contributed by atoms with Gasteiger partial charge in [0.25, 0.3) is 0 Å². The maximum Gasteiger partial charge on any atom is 0.320 e. The molecule has 0 aliphatic carbocycles. The summed E-state index contributed by atoms with van der Waals surface area (Å²) in [6, 6.07) is 8.03. The second-order valence-corrected chi connectivity index (χ2v) is 5.76. The van der Waals surface area contributed by atoms with Crippen molar-refractivity contribution in [1.29, 1.82) is 0 Å². The number of rotatable bonds is 7. The fourth-order valence-electron chi connectivity index (χ4n) is 2.55. The molecule has 0 aromatic heterocycles. The van der Waals surface area contributed by atoms with Gasteiger partial charge in [-0.3, -0.25) is 4.79 Å². The second-order valence-electron chi connectivity index (χ2n) is 5.76. The van der Waals surface area contributed by atoms with Crippen LogP contribution in [0.2, 0.25) is 0 Å². The van der Waals surface area contributed by atoms with Gasteiger partial charge >= 0.3 is 6.03 Å². The highest BCUT2D eigenvalue weighted by Crippen LogP contribution is 2.15. The smallest absolute Gasteiger partial charge is 0.320 e. The van der Waals surface area contributed by atoms with Crippen LogP contribution in [0.25, 0.3) is 0 Å². The molecule has 0 atom stereocenters. The number of nitrogens with one attached hydrogen (secondary N) is 1. The Labute approximate surface area is 132 Å². The van der Waals surface area contributed by atoms with Crippen LogP contribution in [0.1, 0.15) is 30.9 Å². The van der Waals surface area contributed by atoms with Crippen molar-refractivity contribution >= 4 is 11.9 Å². The summed E-state index contributed by atoms with van der Waals surface area (Å²) in [5.74, 6) is -0.0699. The van der Waals surface area contributed by atoms with E-state index >= 15 is 0 Å². The van der Waals surface area contributed by atoms with E-state index in [2.05, 4.69) is 25.2 Å². The van der Waals surface area contributed by atoms with E-state index in [1.165, 1.54) is 5.56 Å². The standard InChI is InChI=1S/C17H25N3O2/c1-3-4-9-18-16(21)13-20-11-10-19(17(20)22)12-15-8-6-5-7-14(15)2/h5-8H,3-4,9-13H2,1-2H3,(H,18,21). The van der Waals surface area contributed by atoms with Crippen LogP contribution in [0.15, 0.2) is 24.3 Å². The van der Waals surface area contributed by atoms with Gasteiger partial charge in [0.05, 0.1) is 0 Å². The molecule has 0 radical (unpaired) electrons. The van der Waals surface area contributed by atoms with Crippen LogP contribution in [-0.2, 0) is 11.3 Å². The zero-order chi connectivity index (χ0) is 15.9. The summed E-state index contributed by atoms with van der Waals surface area (Å²) in [4.78, 5) is 27.6. The normalized spacial score (nSPS) is 14.5. The minimum Gasteiger partial charge on any atom is -0.355 e. The van der Waals surface area contributed by atoms with Crippen molar-refractivity contribution in [2.45, 2.75) is 33.2 Å². The number of carbonyl (C=O) groups is 2. The summed E-state index contributed by atoms with van der Waals surface area (Å²) in [7, 11) is 0. The molecular weight excluding hydrogens is 278 g/mol. The second kappa shape index (κ2) is 7.82. The van der Waals surface area contributed by atoms with Crippen molar-refractivity contribution in [3.05, 3.63) is 35.4 Å². The average Bonchev–Trinajstić information content (AvgIpc) is 2.83. The number of carbonyl (C=O) groups excluding carboxylic acids is 2. The third kappa shape index (κ3) is 4.23. The number of hydrogen-bond acceptors (Lipinski definition) is 2. The Morgan fingerprint density at radius 1 is 1.23 bits per heavy atom. The first-order valence-electron chi connectivity index (χ1n) is 7.97. The van der Waals surface area contributed by atoms with Gasteiger partial charge < -0.3 is 15.1 Å². The van der Waals surface area contributed by atoms with Crippen LogP contribution in [0.3, 0.4) is 0 Å². The number of urea groups is 1. The van der Waals surface area contributed by atoms with Gasteiger partial charge in [-0.2, -0.15) is 0 Å². The van der Waals surface area contributed by atoms with E-state index in [9.17, 15) is 9.59 Å². The highest BCUT2D eigenvalue weighted by atomic mass is 16.2. The summed E-state index contributed by atoms with van der Waals surface area (Å²) in [6.07, 6.45) is 2.02. The van der Waals surface area contributed by atoms with Gasteiger partial charge in [0.2, 0.25) is 5.91 Å². The van der Waals surface area contributed by atoms with Gasteiger partial charge in [-0.05, 0) is 24.5 Å². The molecule has 0 bridgehead atoms. The topological polar surface area (TPSA) is 52.7 Å². The Morgan fingerprint density at radius 2 is 1.95 bits per heavy atom. The van der Waals surface area contributed by atoms with Crippen LogP contribution in [0.5, 0.6) is 0 Å². The lowest BCUT2D eigenvalue weighted by atomic mass is 10.1. The van der Waals surface area contributed by atoms with Crippen LogP contribution in [0.4, 0.5) is 4.79 Å². The third-order valence-corrected chi connectivity index (χ3v) is 3.99. The monoisotopic (exact) mass is 303 g/mol. The lowest BCUT2D eigenvalue weighted by Crippen LogP contribution is -2.40. The summed E-state index contributed by atoms with van der Waals surface area (Å²) in [6.45, 7) is 6.88. The number of nitrogens with zero attached hydrogens (tertiary/aromatic N) is 2. The highest BCUT2D eigenvalue weighted by Gasteiger charge is 2.29. The van der Waals surface area contributed by atoms with Crippen molar-refractivity contribution in [3.63, 3.8) is 0 Å². The maximum absolute atomic E-state index is 12.4. The molecule has 3 amide bonds. The highest BCUT2D eigenvalue weighted by molar-refractivity contribution is 5.85. The number of amides is 3. The molecule has 1 aromatic carbocycles. The minimum atomic E-state index is -0.0699. The van der Waals surface area contributed by atoms with Crippen molar-refractivity contribution in [1.82, 2.24) is 15.1 Å². The Bertz CT molecular complexity index is 530. The first-order chi connectivity index (χ1) is 10.6. The van der Waals surface area contributed by atoms with Gasteiger partial charge in [-0.25, -0.2) is 4.79 Å². The molecule has 0 unspecified atom stereocenters. The summed E-state index contributed by atoms with van der Waals surface area (Å²) in [5, 5.41) is 2.85. The zero-order valence-electron chi connectivity index (χ0n) is 13.5. The molecular formula is C17H25N3O2. The molecule has 1 aliphatic rings. The van der Waals surface area contributed by atoms with E-state index in [1.54, 1.807) is 4.90 Å². The van der Waals surface area contributed by atoms with Crippen LogP contribution in [0, 0.1) is 6.92 Å². The van der Waals surface area contributed by atoms with Crippen molar-refractivity contribution in [2.75, 3.05) is 26.2 Å². The van der Waals surface area contributed by atoms with E-state index in [1.807, 2.05) is 23.1 Å². The third-order valence-electron chi connectivity index (χ3n) is 3.99. The molecule has 120 valence electrons. The van der Waals surface area contributed by atoms with E-state index < -0.39 is 0 Å². The van der Waals surface area contributed by atoms with Gasteiger partial charge in [0.15, 0.2) is 0 Å². The first kappa shape index (κ1) is 16.3. The fourth-order valence-corrected chi connectivity index (χ4v) is 2.55. The van der Waals surface area contributed by atoms with Crippen molar-refractivity contribution < 1.29 is 9.59 Å². The van der Waals surface area contributed by atoms with Gasteiger partial charge in [-0.15, -0.1) is 0 Å². The Hall–Kier alpha value is -2.04. The van der Waals surface area contributed by atoms with Gasteiger partial charge in [0.1, 0.15) is 6.54 Å². The van der Waals surface area contributed by atoms with Crippen LogP contribution in [-0.4, -0.2) is 47.9 Å². The summed E-state index contributed by atoms with van der Waals surface area (Å²) in [5.41, 5.74) is 2.34. The average molecular weight is 303 g/mol. The molecule has 1 aromatic rings. The summed E-state index contributed by atoms with van der Waals surface area (Å²) >= 11 is 0. The van der Waals surface area contributed by atoms with E-state index in [-0.39, 0.29) is 18.5 Å². The summed E-state index contributed by atoms with van der Waals surface area (Å²) < 4.78 is 0. The number of benzene rings is 1. The molecule has 1 saturated heterocycles. The number of hydrogen-bond donors (Lipinski definition) is 1. The fraction of sp³-hybridized carbons (Fsp3) is 0.529. The quantitative estimate of drug-likeness (QED) is 0.785. The molecule has 5 nitrogen and oxygen atoms in total. The lowest BCUT2D eigenvalue weighted by Gasteiger charge is -2.19. The zero-order valence-corrected chi connectivity index (χ0v) is 13.5.